The molecule has 2 rings (SSSR count). The molecule has 1 aromatic heterocycles. The summed E-state index contributed by atoms with van der Waals surface area (Å²) in [6.45, 7) is 2.56. The van der Waals surface area contributed by atoms with Crippen LogP contribution in [0.2, 0.25) is 0 Å². The summed E-state index contributed by atoms with van der Waals surface area (Å²) in [6.07, 6.45) is 9.41. The number of hydrogen-bond donors (Lipinski definition) is 2. The molecule has 3 unspecified atom stereocenters. The lowest BCUT2D eigenvalue weighted by Crippen LogP contribution is -2.39. The molecular formula is C13H22N4O. The lowest BCUT2D eigenvalue weighted by Gasteiger charge is -2.22. The fourth-order valence-electron chi connectivity index (χ4n) is 2.60. The van der Waals surface area contributed by atoms with Gasteiger partial charge in [0.15, 0.2) is 0 Å². The van der Waals surface area contributed by atoms with Gasteiger partial charge in [-0.25, -0.2) is 4.98 Å². The Kier molecular flexibility index (Phi) is 4.36. The van der Waals surface area contributed by atoms with Gasteiger partial charge in [-0.2, -0.15) is 0 Å². The minimum absolute atomic E-state index is 0.116. The summed E-state index contributed by atoms with van der Waals surface area (Å²) in [5.41, 5.74) is 5.54. The van der Waals surface area contributed by atoms with E-state index in [9.17, 15) is 4.79 Å². The van der Waals surface area contributed by atoms with Crippen LogP contribution in [0.25, 0.3) is 0 Å². The van der Waals surface area contributed by atoms with Crippen molar-refractivity contribution in [2.24, 2.45) is 11.7 Å². The molecule has 1 fully saturated rings. The van der Waals surface area contributed by atoms with Gasteiger partial charge in [0.1, 0.15) is 0 Å². The summed E-state index contributed by atoms with van der Waals surface area (Å²) < 4.78 is 2.10. The highest BCUT2D eigenvalue weighted by Gasteiger charge is 2.29. The van der Waals surface area contributed by atoms with E-state index in [1.54, 1.807) is 6.20 Å². The summed E-state index contributed by atoms with van der Waals surface area (Å²) in [5.74, 6) is 0.364. The Hall–Kier alpha value is -1.36. The lowest BCUT2D eigenvalue weighted by molar-refractivity contribution is -0.122. The van der Waals surface area contributed by atoms with Crippen LogP contribution < -0.4 is 11.1 Å². The summed E-state index contributed by atoms with van der Waals surface area (Å²) >= 11 is 0. The van der Waals surface area contributed by atoms with Gasteiger partial charge in [0, 0.05) is 24.9 Å². The second-order valence-electron chi connectivity index (χ2n) is 5.23. The van der Waals surface area contributed by atoms with Gasteiger partial charge in [-0.15, -0.1) is 0 Å². The first-order valence-corrected chi connectivity index (χ1v) is 6.67. The molecule has 3 atom stereocenters. The Morgan fingerprint density at radius 1 is 1.61 bits per heavy atom. The first-order chi connectivity index (χ1) is 8.70. The Labute approximate surface area is 108 Å². The van der Waals surface area contributed by atoms with Crippen LogP contribution in [-0.4, -0.2) is 28.0 Å². The van der Waals surface area contributed by atoms with E-state index in [0.717, 1.165) is 19.3 Å². The van der Waals surface area contributed by atoms with Crippen molar-refractivity contribution < 1.29 is 4.79 Å². The largest absolute Gasteiger partial charge is 0.351 e. The second kappa shape index (κ2) is 6.00. The fraction of sp³-hybridized carbons (Fsp3) is 0.692. The molecule has 0 aromatic carbocycles. The maximum absolute atomic E-state index is 11.9. The molecule has 18 heavy (non-hydrogen) atoms. The predicted octanol–water partition coefficient (Wildman–Crippen LogP) is 1.08. The number of nitrogens with zero attached hydrogens (tertiary/aromatic N) is 2. The lowest BCUT2D eigenvalue weighted by atomic mass is 10.1. The molecule has 0 radical (unpaired) electrons. The van der Waals surface area contributed by atoms with Gasteiger partial charge >= 0.3 is 0 Å². The van der Waals surface area contributed by atoms with Gasteiger partial charge in [0.25, 0.3) is 0 Å². The summed E-state index contributed by atoms with van der Waals surface area (Å²) in [7, 11) is 0. The summed E-state index contributed by atoms with van der Waals surface area (Å²) in [4.78, 5) is 16.0. The van der Waals surface area contributed by atoms with E-state index >= 15 is 0 Å². The van der Waals surface area contributed by atoms with E-state index < -0.39 is 0 Å². The molecule has 1 saturated carbocycles. The van der Waals surface area contributed by atoms with Gasteiger partial charge in [0.2, 0.25) is 5.91 Å². The Morgan fingerprint density at radius 3 is 3.11 bits per heavy atom. The van der Waals surface area contributed by atoms with Gasteiger partial charge < -0.3 is 15.6 Å². The Balaban J connectivity index is 1.90. The van der Waals surface area contributed by atoms with E-state index in [1.807, 2.05) is 19.4 Å². The van der Waals surface area contributed by atoms with Crippen LogP contribution in [0.5, 0.6) is 0 Å². The molecule has 5 nitrogen and oxygen atoms in total. The fourth-order valence-corrected chi connectivity index (χ4v) is 2.60. The highest BCUT2D eigenvalue weighted by Crippen LogP contribution is 2.29. The molecule has 1 amide bonds. The van der Waals surface area contributed by atoms with Crippen LogP contribution in [0, 0.1) is 5.92 Å². The average molecular weight is 250 g/mol. The van der Waals surface area contributed by atoms with Crippen LogP contribution in [0.15, 0.2) is 18.7 Å². The van der Waals surface area contributed by atoms with Crippen LogP contribution in [0.3, 0.4) is 0 Å². The highest BCUT2D eigenvalue weighted by atomic mass is 16.1. The van der Waals surface area contributed by atoms with E-state index in [1.165, 1.54) is 0 Å². The summed E-state index contributed by atoms with van der Waals surface area (Å²) in [5, 5.41) is 3.14. The normalized spacial score (nSPS) is 25.0. The Bertz CT molecular complexity index is 376. The first-order valence-electron chi connectivity index (χ1n) is 6.67. The molecule has 3 N–H and O–H groups in total. The van der Waals surface area contributed by atoms with Crippen molar-refractivity contribution >= 4 is 5.91 Å². The number of rotatable bonds is 5. The molecule has 0 bridgehead atoms. The molecule has 1 aliphatic carbocycles. The molecule has 0 spiro atoms. The number of nitrogens with two attached hydrogens (primary N) is 1. The molecular weight excluding hydrogens is 228 g/mol. The van der Waals surface area contributed by atoms with Crippen molar-refractivity contribution in [2.75, 3.05) is 6.54 Å². The van der Waals surface area contributed by atoms with Crippen molar-refractivity contribution in [1.29, 1.82) is 0 Å². The average Bonchev–Trinajstić information content (AvgIpc) is 2.98. The number of hydrogen-bond acceptors (Lipinski definition) is 3. The Morgan fingerprint density at radius 2 is 2.44 bits per heavy atom. The van der Waals surface area contributed by atoms with Crippen LogP contribution >= 0.6 is 0 Å². The van der Waals surface area contributed by atoms with Gasteiger partial charge in [0.05, 0.1) is 12.4 Å². The maximum atomic E-state index is 11.9. The van der Waals surface area contributed by atoms with Gasteiger partial charge in [-0.3, -0.25) is 4.79 Å². The molecule has 1 aromatic rings. The number of amides is 1. The first kappa shape index (κ1) is 13.1. The number of aromatic nitrogens is 2. The summed E-state index contributed by atoms with van der Waals surface area (Å²) in [6, 6.07) is 0.585. The zero-order valence-corrected chi connectivity index (χ0v) is 10.9. The third-order valence-corrected chi connectivity index (χ3v) is 3.67. The standard InChI is InChI=1S/C13H22N4O/c1-10(8-14)7-13(18)16-11-3-2-4-12(11)17-6-5-15-9-17/h5-6,9-12H,2-4,7-8,14H2,1H3,(H,16,18). The molecule has 100 valence electrons. The van der Waals surface area contributed by atoms with Crippen molar-refractivity contribution in [3.63, 3.8) is 0 Å². The number of imidazole rings is 1. The number of carbonyl (C=O) groups is 1. The second-order valence-corrected chi connectivity index (χ2v) is 5.23. The van der Waals surface area contributed by atoms with Crippen molar-refractivity contribution in [2.45, 2.75) is 44.7 Å². The molecule has 0 saturated heterocycles. The molecule has 5 heteroatoms. The zero-order chi connectivity index (χ0) is 13.0. The zero-order valence-electron chi connectivity index (χ0n) is 10.9. The topological polar surface area (TPSA) is 72.9 Å². The molecule has 1 heterocycles. The van der Waals surface area contributed by atoms with Gasteiger partial charge in [-0.05, 0) is 31.7 Å². The van der Waals surface area contributed by atoms with Crippen molar-refractivity contribution in [3.8, 4) is 0 Å². The van der Waals surface area contributed by atoms with E-state index in [2.05, 4.69) is 14.9 Å². The van der Waals surface area contributed by atoms with Crippen LogP contribution in [0.4, 0.5) is 0 Å². The number of carbonyl (C=O) groups excluding carboxylic acids is 1. The van der Waals surface area contributed by atoms with Crippen LogP contribution in [-0.2, 0) is 4.79 Å². The minimum atomic E-state index is 0.116. The molecule has 0 aliphatic heterocycles. The quantitative estimate of drug-likeness (QED) is 0.821. The number of nitrogens with one attached hydrogen (secondary N) is 1. The predicted molar refractivity (Wildman–Crippen MR) is 69.9 cm³/mol. The SMILES string of the molecule is CC(CN)CC(=O)NC1CCCC1n1ccnc1. The van der Waals surface area contributed by atoms with E-state index in [0.29, 0.717) is 19.0 Å². The van der Waals surface area contributed by atoms with Crippen molar-refractivity contribution in [1.82, 2.24) is 14.9 Å². The monoisotopic (exact) mass is 250 g/mol. The highest BCUT2D eigenvalue weighted by molar-refractivity contribution is 5.76. The minimum Gasteiger partial charge on any atom is -0.351 e. The third kappa shape index (κ3) is 3.10. The maximum Gasteiger partial charge on any atom is 0.220 e. The van der Waals surface area contributed by atoms with Gasteiger partial charge in [-0.1, -0.05) is 6.92 Å². The van der Waals surface area contributed by atoms with Crippen molar-refractivity contribution in [3.05, 3.63) is 18.7 Å². The molecule has 1 aliphatic rings. The third-order valence-electron chi connectivity index (χ3n) is 3.67. The van der Waals surface area contributed by atoms with Crippen LogP contribution in [0.1, 0.15) is 38.6 Å². The van der Waals surface area contributed by atoms with E-state index in [4.69, 9.17) is 5.73 Å². The smallest absolute Gasteiger partial charge is 0.220 e. The van der Waals surface area contributed by atoms with E-state index in [-0.39, 0.29) is 17.9 Å².